The molecule has 0 spiro atoms. The van der Waals surface area contributed by atoms with Crippen LogP contribution in [0.2, 0.25) is 0 Å². The number of nitrogens with one attached hydrogen (secondary N) is 1. The zero-order valence-corrected chi connectivity index (χ0v) is 11.0. The average molecular weight is 264 g/mol. The first-order valence-electron chi connectivity index (χ1n) is 6.16. The van der Waals surface area contributed by atoms with E-state index in [1.807, 2.05) is 6.07 Å². The summed E-state index contributed by atoms with van der Waals surface area (Å²) in [7, 11) is 0. The molecule has 0 aliphatic rings. The van der Waals surface area contributed by atoms with Gasteiger partial charge in [-0.3, -0.25) is 10.1 Å². The number of benzene rings is 1. The number of nitriles is 1. The van der Waals surface area contributed by atoms with Crippen molar-refractivity contribution in [3.05, 3.63) is 35.1 Å². The van der Waals surface area contributed by atoms with Crippen LogP contribution in [0.25, 0.3) is 0 Å². The van der Waals surface area contributed by atoms with Crippen LogP contribution in [0.4, 0.5) is 4.39 Å². The van der Waals surface area contributed by atoms with Crippen molar-refractivity contribution in [1.29, 1.82) is 5.26 Å². The van der Waals surface area contributed by atoms with Crippen molar-refractivity contribution in [2.24, 2.45) is 0 Å². The van der Waals surface area contributed by atoms with E-state index in [4.69, 9.17) is 5.26 Å². The van der Waals surface area contributed by atoms with Crippen molar-refractivity contribution < 1.29 is 14.3 Å². The minimum Gasteiger partial charge on any atom is -0.480 e. The summed E-state index contributed by atoms with van der Waals surface area (Å²) in [4.78, 5) is 11.3. The van der Waals surface area contributed by atoms with Gasteiger partial charge in [0, 0.05) is 6.54 Å². The molecule has 0 saturated heterocycles. The Hall–Kier alpha value is -1.93. The maximum absolute atomic E-state index is 13.2. The van der Waals surface area contributed by atoms with E-state index in [1.165, 1.54) is 18.2 Å². The molecule has 102 valence electrons. The largest absolute Gasteiger partial charge is 0.480 e. The zero-order valence-electron chi connectivity index (χ0n) is 11.0. The fraction of sp³-hybridized carbons (Fsp3) is 0.429. The molecule has 0 atom stereocenters. The molecule has 0 radical (unpaired) electrons. The number of rotatable bonds is 6. The van der Waals surface area contributed by atoms with Gasteiger partial charge in [0.2, 0.25) is 0 Å². The summed E-state index contributed by atoms with van der Waals surface area (Å²) in [6.45, 7) is 3.71. The van der Waals surface area contributed by atoms with Gasteiger partial charge >= 0.3 is 5.97 Å². The Morgan fingerprint density at radius 3 is 2.58 bits per heavy atom. The SMILES string of the molecule is CCC(CC)(NCc1cc(F)ccc1C#N)C(=O)O. The maximum Gasteiger partial charge on any atom is 0.323 e. The van der Waals surface area contributed by atoms with Crippen LogP contribution in [0.15, 0.2) is 18.2 Å². The third-order valence-electron chi connectivity index (χ3n) is 3.42. The van der Waals surface area contributed by atoms with Gasteiger partial charge in [-0.05, 0) is 36.6 Å². The predicted octanol–water partition coefficient (Wildman–Crippen LogP) is 2.43. The fourth-order valence-corrected chi connectivity index (χ4v) is 1.96. The van der Waals surface area contributed by atoms with E-state index < -0.39 is 17.3 Å². The van der Waals surface area contributed by atoms with Crippen molar-refractivity contribution in [1.82, 2.24) is 5.32 Å². The number of hydrogen-bond acceptors (Lipinski definition) is 3. The summed E-state index contributed by atoms with van der Waals surface area (Å²) in [6.07, 6.45) is 0.825. The molecular formula is C14H17FN2O2. The second kappa shape index (κ2) is 6.30. The van der Waals surface area contributed by atoms with Gasteiger partial charge in [-0.15, -0.1) is 0 Å². The molecular weight excluding hydrogens is 247 g/mol. The second-order valence-corrected chi connectivity index (χ2v) is 4.36. The summed E-state index contributed by atoms with van der Waals surface area (Å²) in [5.74, 6) is -1.38. The van der Waals surface area contributed by atoms with E-state index in [2.05, 4.69) is 5.32 Å². The summed E-state index contributed by atoms with van der Waals surface area (Å²) < 4.78 is 13.2. The van der Waals surface area contributed by atoms with Crippen LogP contribution in [0, 0.1) is 17.1 Å². The molecule has 0 aromatic heterocycles. The Bertz CT molecular complexity index is 505. The summed E-state index contributed by atoms with van der Waals surface area (Å²) in [5, 5.41) is 21.2. The van der Waals surface area contributed by atoms with E-state index in [0.29, 0.717) is 24.0 Å². The highest BCUT2D eigenvalue weighted by molar-refractivity contribution is 5.78. The van der Waals surface area contributed by atoms with Crippen molar-refractivity contribution in [2.45, 2.75) is 38.8 Å². The average Bonchev–Trinajstić information content (AvgIpc) is 2.40. The molecule has 1 rings (SSSR count). The van der Waals surface area contributed by atoms with Gasteiger partial charge in [0.15, 0.2) is 0 Å². The Morgan fingerprint density at radius 1 is 1.47 bits per heavy atom. The monoisotopic (exact) mass is 264 g/mol. The van der Waals surface area contributed by atoms with Gasteiger partial charge in [0.05, 0.1) is 11.6 Å². The van der Waals surface area contributed by atoms with E-state index in [-0.39, 0.29) is 6.54 Å². The van der Waals surface area contributed by atoms with Gasteiger partial charge in [0.25, 0.3) is 0 Å². The minimum atomic E-state index is -1.04. The number of aliphatic carboxylic acids is 1. The van der Waals surface area contributed by atoms with Gasteiger partial charge in [-0.2, -0.15) is 5.26 Å². The van der Waals surface area contributed by atoms with Crippen LogP contribution >= 0.6 is 0 Å². The highest BCUT2D eigenvalue weighted by Gasteiger charge is 2.34. The van der Waals surface area contributed by atoms with Gasteiger partial charge in [-0.1, -0.05) is 13.8 Å². The lowest BCUT2D eigenvalue weighted by atomic mass is 9.92. The third kappa shape index (κ3) is 3.30. The van der Waals surface area contributed by atoms with E-state index in [9.17, 15) is 14.3 Å². The molecule has 0 fully saturated rings. The lowest BCUT2D eigenvalue weighted by molar-refractivity contribution is -0.145. The van der Waals surface area contributed by atoms with Crippen molar-refractivity contribution in [3.8, 4) is 6.07 Å². The Kier molecular flexibility index (Phi) is 5.02. The van der Waals surface area contributed by atoms with Gasteiger partial charge in [-0.25, -0.2) is 4.39 Å². The standard InChI is InChI=1S/C14H17FN2O2/c1-3-14(4-2,13(18)19)17-9-11-7-12(15)6-5-10(11)8-16/h5-7,17H,3-4,9H2,1-2H3,(H,18,19). The summed E-state index contributed by atoms with van der Waals surface area (Å²) >= 11 is 0. The van der Waals surface area contributed by atoms with Crippen LogP contribution in [-0.4, -0.2) is 16.6 Å². The fourth-order valence-electron chi connectivity index (χ4n) is 1.96. The lowest BCUT2D eigenvalue weighted by Crippen LogP contribution is -2.50. The molecule has 0 saturated carbocycles. The summed E-state index contributed by atoms with van der Waals surface area (Å²) in [6, 6.07) is 5.83. The van der Waals surface area contributed by atoms with Crippen LogP contribution in [0.1, 0.15) is 37.8 Å². The van der Waals surface area contributed by atoms with Crippen LogP contribution in [-0.2, 0) is 11.3 Å². The van der Waals surface area contributed by atoms with Crippen LogP contribution in [0.3, 0.4) is 0 Å². The molecule has 5 heteroatoms. The Morgan fingerprint density at radius 2 is 2.11 bits per heavy atom. The smallest absolute Gasteiger partial charge is 0.323 e. The molecule has 0 aliphatic carbocycles. The first kappa shape index (κ1) is 15.1. The normalized spacial score (nSPS) is 11.1. The number of carboxylic acid groups (broad SMARTS) is 1. The van der Waals surface area contributed by atoms with Crippen LogP contribution < -0.4 is 5.32 Å². The molecule has 2 N–H and O–H groups in total. The molecule has 1 aromatic carbocycles. The van der Waals surface area contributed by atoms with E-state index in [1.54, 1.807) is 13.8 Å². The van der Waals surface area contributed by atoms with E-state index in [0.717, 1.165) is 0 Å². The molecule has 0 aliphatic heterocycles. The predicted molar refractivity (Wildman–Crippen MR) is 68.9 cm³/mol. The third-order valence-corrected chi connectivity index (χ3v) is 3.42. The minimum absolute atomic E-state index is 0.147. The quantitative estimate of drug-likeness (QED) is 0.827. The maximum atomic E-state index is 13.2. The first-order valence-corrected chi connectivity index (χ1v) is 6.16. The number of carbonyl (C=O) groups is 1. The van der Waals surface area contributed by atoms with Gasteiger partial charge < -0.3 is 5.11 Å². The zero-order chi connectivity index (χ0) is 14.5. The molecule has 0 amide bonds. The number of halogens is 1. The van der Waals surface area contributed by atoms with E-state index >= 15 is 0 Å². The number of carboxylic acids is 1. The highest BCUT2D eigenvalue weighted by atomic mass is 19.1. The topological polar surface area (TPSA) is 73.1 Å². The summed E-state index contributed by atoms with van der Waals surface area (Å²) in [5.41, 5.74) is -0.227. The Balaban J connectivity index is 2.95. The Labute approximate surface area is 111 Å². The number of nitrogens with zero attached hydrogens (tertiary/aromatic N) is 1. The second-order valence-electron chi connectivity index (χ2n) is 4.36. The first-order chi connectivity index (χ1) is 8.99. The highest BCUT2D eigenvalue weighted by Crippen LogP contribution is 2.18. The molecule has 0 heterocycles. The van der Waals surface area contributed by atoms with Gasteiger partial charge in [0.1, 0.15) is 11.4 Å². The number of hydrogen-bond donors (Lipinski definition) is 2. The molecule has 0 bridgehead atoms. The van der Waals surface area contributed by atoms with Crippen LogP contribution in [0.5, 0.6) is 0 Å². The van der Waals surface area contributed by atoms with Crippen molar-refractivity contribution in [2.75, 3.05) is 0 Å². The molecule has 1 aromatic rings. The molecule has 4 nitrogen and oxygen atoms in total. The molecule has 19 heavy (non-hydrogen) atoms. The van der Waals surface area contributed by atoms with Crippen molar-refractivity contribution >= 4 is 5.97 Å². The van der Waals surface area contributed by atoms with Crippen molar-refractivity contribution in [3.63, 3.8) is 0 Å². The lowest BCUT2D eigenvalue weighted by Gasteiger charge is -2.28. The molecule has 0 unspecified atom stereocenters.